The Morgan fingerprint density at radius 1 is 1.46 bits per heavy atom. The van der Waals surface area contributed by atoms with Crippen LogP contribution < -0.4 is 0 Å². The zero-order chi connectivity index (χ0) is 9.68. The second-order valence-corrected chi connectivity index (χ2v) is 4.26. The van der Waals surface area contributed by atoms with Gasteiger partial charge in [-0.25, -0.2) is 0 Å². The van der Waals surface area contributed by atoms with Gasteiger partial charge in [-0.3, -0.25) is 0 Å². The maximum atomic E-state index is 6.14. The van der Waals surface area contributed by atoms with Gasteiger partial charge in [0.25, 0.3) is 0 Å². The fourth-order valence-corrected chi connectivity index (χ4v) is 1.78. The molecule has 13 heavy (non-hydrogen) atoms. The van der Waals surface area contributed by atoms with Gasteiger partial charge in [-0.1, -0.05) is 13.8 Å². The number of rotatable bonds is 4. The quantitative estimate of drug-likeness (QED) is 0.696. The molecule has 0 aromatic carbocycles. The summed E-state index contributed by atoms with van der Waals surface area (Å²) in [7, 11) is 0. The SMILES string of the molecule is CC(C)CC(Cl)Cc1cccnn1. The summed E-state index contributed by atoms with van der Waals surface area (Å²) in [5.74, 6) is 0.638. The Kier molecular flexibility index (Phi) is 4.16. The monoisotopic (exact) mass is 198 g/mol. The second-order valence-electron chi connectivity index (χ2n) is 3.65. The number of nitrogens with zero attached hydrogens (tertiary/aromatic N) is 2. The first-order valence-electron chi connectivity index (χ1n) is 4.59. The number of alkyl halides is 1. The van der Waals surface area contributed by atoms with Gasteiger partial charge in [-0.2, -0.15) is 10.2 Å². The molecule has 3 heteroatoms. The van der Waals surface area contributed by atoms with Crippen molar-refractivity contribution in [1.82, 2.24) is 10.2 Å². The van der Waals surface area contributed by atoms with Crippen LogP contribution in [0.5, 0.6) is 0 Å². The lowest BCUT2D eigenvalue weighted by Crippen LogP contribution is -2.08. The van der Waals surface area contributed by atoms with E-state index in [-0.39, 0.29) is 5.38 Å². The molecular weight excluding hydrogens is 184 g/mol. The Hall–Kier alpha value is -0.630. The molecule has 0 spiro atoms. The van der Waals surface area contributed by atoms with Gasteiger partial charge in [0.05, 0.1) is 5.69 Å². The summed E-state index contributed by atoms with van der Waals surface area (Å²) in [4.78, 5) is 0. The van der Waals surface area contributed by atoms with Crippen LogP contribution in [-0.2, 0) is 6.42 Å². The van der Waals surface area contributed by atoms with Crippen molar-refractivity contribution in [3.8, 4) is 0 Å². The van der Waals surface area contributed by atoms with Gasteiger partial charge in [0.1, 0.15) is 0 Å². The standard InChI is InChI=1S/C10H15ClN2/c1-8(2)6-9(11)7-10-4-3-5-12-13-10/h3-5,8-9H,6-7H2,1-2H3. The van der Waals surface area contributed by atoms with Crippen LogP contribution >= 0.6 is 11.6 Å². The van der Waals surface area contributed by atoms with Crippen molar-refractivity contribution in [1.29, 1.82) is 0 Å². The Morgan fingerprint density at radius 3 is 2.77 bits per heavy atom. The van der Waals surface area contributed by atoms with Crippen molar-refractivity contribution < 1.29 is 0 Å². The topological polar surface area (TPSA) is 25.8 Å². The molecule has 0 bridgehead atoms. The molecule has 0 aliphatic heterocycles. The Balaban J connectivity index is 2.41. The van der Waals surface area contributed by atoms with Crippen LogP contribution in [-0.4, -0.2) is 15.6 Å². The smallest absolute Gasteiger partial charge is 0.0645 e. The Labute approximate surface area is 84.3 Å². The number of aromatic nitrogens is 2. The minimum atomic E-state index is 0.177. The van der Waals surface area contributed by atoms with Crippen LogP contribution in [0.15, 0.2) is 18.3 Å². The fourth-order valence-electron chi connectivity index (χ4n) is 1.26. The van der Waals surface area contributed by atoms with Crippen LogP contribution in [0.2, 0.25) is 0 Å². The van der Waals surface area contributed by atoms with E-state index in [1.165, 1.54) is 0 Å². The molecule has 2 nitrogen and oxygen atoms in total. The molecule has 0 N–H and O–H groups in total. The van der Waals surface area contributed by atoms with E-state index >= 15 is 0 Å². The highest BCUT2D eigenvalue weighted by atomic mass is 35.5. The van der Waals surface area contributed by atoms with Gasteiger partial charge in [0, 0.05) is 18.0 Å². The number of hydrogen-bond donors (Lipinski definition) is 0. The van der Waals surface area contributed by atoms with Crippen LogP contribution in [0.1, 0.15) is 26.0 Å². The summed E-state index contributed by atoms with van der Waals surface area (Å²) in [6.45, 7) is 4.35. The van der Waals surface area contributed by atoms with Crippen LogP contribution in [0, 0.1) is 5.92 Å². The van der Waals surface area contributed by atoms with Crippen molar-refractivity contribution in [2.24, 2.45) is 5.92 Å². The maximum Gasteiger partial charge on any atom is 0.0645 e. The van der Waals surface area contributed by atoms with E-state index in [0.29, 0.717) is 5.92 Å². The lowest BCUT2D eigenvalue weighted by Gasteiger charge is -2.10. The lowest BCUT2D eigenvalue weighted by molar-refractivity contribution is 0.557. The van der Waals surface area contributed by atoms with E-state index in [0.717, 1.165) is 18.5 Å². The molecule has 0 amide bonds. The number of hydrogen-bond acceptors (Lipinski definition) is 2. The lowest BCUT2D eigenvalue weighted by atomic mass is 10.0. The molecule has 1 unspecified atom stereocenters. The third-order valence-corrected chi connectivity index (χ3v) is 2.12. The average Bonchev–Trinajstić information content (AvgIpc) is 2.04. The van der Waals surface area contributed by atoms with Crippen molar-refractivity contribution in [2.45, 2.75) is 32.1 Å². The molecule has 0 saturated heterocycles. The zero-order valence-corrected chi connectivity index (χ0v) is 8.83. The molecule has 1 rings (SSSR count). The minimum absolute atomic E-state index is 0.177. The first kappa shape index (κ1) is 10.5. The predicted octanol–water partition coefficient (Wildman–Crippen LogP) is 2.67. The summed E-state index contributed by atoms with van der Waals surface area (Å²) >= 11 is 6.14. The Morgan fingerprint density at radius 2 is 2.23 bits per heavy atom. The fraction of sp³-hybridized carbons (Fsp3) is 0.600. The van der Waals surface area contributed by atoms with Gasteiger partial charge in [-0.05, 0) is 24.5 Å². The molecule has 0 aliphatic carbocycles. The third kappa shape index (κ3) is 4.23. The molecule has 1 heterocycles. The van der Waals surface area contributed by atoms with Crippen molar-refractivity contribution in [3.63, 3.8) is 0 Å². The van der Waals surface area contributed by atoms with Crippen LogP contribution in [0.25, 0.3) is 0 Å². The Bertz CT molecular complexity index is 236. The third-order valence-electron chi connectivity index (χ3n) is 1.79. The van der Waals surface area contributed by atoms with Gasteiger partial charge in [0.15, 0.2) is 0 Å². The highest BCUT2D eigenvalue weighted by Crippen LogP contribution is 2.14. The van der Waals surface area contributed by atoms with Crippen LogP contribution in [0.3, 0.4) is 0 Å². The van der Waals surface area contributed by atoms with Crippen molar-refractivity contribution >= 4 is 11.6 Å². The van der Waals surface area contributed by atoms with E-state index in [1.54, 1.807) is 6.20 Å². The average molecular weight is 199 g/mol. The molecule has 0 saturated carbocycles. The molecule has 0 fully saturated rings. The van der Waals surface area contributed by atoms with Crippen molar-refractivity contribution in [2.75, 3.05) is 0 Å². The molecule has 1 aromatic rings. The van der Waals surface area contributed by atoms with Gasteiger partial charge in [-0.15, -0.1) is 11.6 Å². The van der Waals surface area contributed by atoms with Gasteiger partial charge >= 0.3 is 0 Å². The zero-order valence-electron chi connectivity index (χ0n) is 8.07. The summed E-state index contributed by atoms with van der Waals surface area (Å²) < 4.78 is 0. The molecular formula is C10H15ClN2. The maximum absolute atomic E-state index is 6.14. The summed E-state index contributed by atoms with van der Waals surface area (Å²) in [5.41, 5.74) is 0.975. The first-order valence-corrected chi connectivity index (χ1v) is 5.02. The predicted molar refractivity (Wildman–Crippen MR) is 54.8 cm³/mol. The molecule has 72 valence electrons. The summed E-state index contributed by atoms with van der Waals surface area (Å²) in [5, 5.41) is 7.98. The summed E-state index contributed by atoms with van der Waals surface area (Å²) in [6, 6.07) is 3.85. The molecule has 1 atom stereocenters. The van der Waals surface area contributed by atoms with Crippen molar-refractivity contribution in [3.05, 3.63) is 24.0 Å². The molecule has 1 aromatic heterocycles. The minimum Gasteiger partial charge on any atom is -0.159 e. The van der Waals surface area contributed by atoms with Gasteiger partial charge in [0.2, 0.25) is 0 Å². The van der Waals surface area contributed by atoms with Gasteiger partial charge < -0.3 is 0 Å². The normalized spacial score (nSPS) is 13.2. The highest BCUT2D eigenvalue weighted by molar-refractivity contribution is 6.20. The highest BCUT2D eigenvalue weighted by Gasteiger charge is 2.08. The van der Waals surface area contributed by atoms with E-state index in [4.69, 9.17) is 11.6 Å². The van der Waals surface area contributed by atoms with E-state index < -0.39 is 0 Å². The molecule has 0 aliphatic rings. The van der Waals surface area contributed by atoms with E-state index in [9.17, 15) is 0 Å². The largest absolute Gasteiger partial charge is 0.159 e. The number of halogens is 1. The van der Waals surface area contributed by atoms with E-state index in [1.807, 2.05) is 12.1 Å². The first-order chi connectivity index (χ1) is 6.18. The molecule has 0 radical (unpaired) electrons. The van der Waals surface area contributed by atoms with Crippen LogP contribution in [0.4, 0.5) is 0 Å². The second kappa shape index (κ2) is 5.18. The van der Waals surface area contributed by atoms with E-state index in [2.05, 4.69) is 24.0 Å². The summed E-state index contributed by atoms with van der Waals surface area (Å²) in [6.07, 6.45) is 3.51.